The first kappa shape index (κ1) is 27.6. The van der Waals surface area contributed by atoms with Gasteiger partial charge in [-0.1, -0.05) is 0 Å². The molecule has 5 heterocycles. The first-order valence-electron chi connectivity index (χ1n) is 16.9. The van der Waals surface area contributed by atoms with Crippen LogP contribution in [0.4, 0.5) is 37.8 Å². The number of alkyl halides is 1. The summed E-state index contributed by atoms with van der Waals surface area (Å²) in [6, 6.07) is 1.11. The third-order valence-electron chi connectivity index (χ3n) is 9.98. The van der Waals surface area contributed by atoms with Gasteiger partial charge in [-0.3, -0.25) is 9.88 Å². The van der Waals surface area contributed by atoms with Gasteiger partial charge in [0.2, 0.25) is 5.82 Å². The number of hydrogen-bond donors (Lipinski definition) is 1. The molecule has 15 heteroatoms. The lowest BCUT2D eigenvalue weighted by Crippen LogP contribution is -2.43. The lowest BCUT2D eigenvalue weighted by molar-refractivity contribution is 0.108. The maximum atomic E-state index is 17.0. The molecule has 1 saturated carbocycles. The van der Waals surface area contributed by atoms with Crippen molar-refractivity contribution in [1.29, 1.82) is 0 Å². The second-order valence-corrected chi connectivity index (χ2v) is 12.7. The summed E-state index contributed by atoms with van der Waals surface area (Å²) < 4.78 is 130. The third kappa shape index (κ3) is 4.65. The quantitative estimate of drug-likeness (QED) is 0.158. The molecule has 4 fully saturated rings. The zero-order chi connectivity index (χ0) is 36.0. The number of pyridine rings is 1. The highest BCUT2D eigenvalue weighted by atomic mass is 19.2. The van der Waals surface area contributed by atoms with E-state index in [1.807, 2.05) is 0 Å². The summed E-state index contributed by atoms with van der Waals surface area (Å²) in [5.74, 6) is -8.39. The fourth-order valence-electron chi connectivity index (χ4n) is 7.62. The van der Waals surface area contributed by atoms with Gasteiger partial charge in [-0.2, -0.15) is 14.4 Å². The molecule has 4 aromatic rings. The number of rotatable bonds is 6. The smallest absolute Gasteiger partial charge is 0.319 e. The summed E-state index contributed by atoms with van der Waals surface area (Å²) in [5.41, 5.74) is 4.48. The van der Waals surface area contributed by atoms with E-state index >= 15 is 13.2 Å². The number of anilines is 2. The van der Waals surface area contributed by atoms with Crippen LogP contribution in [0.1, 0.15) is 23.4 Å². The van der Waals surface area contributed by atoms with Crippen molar-refractivity contribution in [3.05, 3.63) is 53.5 Å². The molecule has 0 spiro atoms. The monoisotopic (exact) mass is 675 g/mol. The Labute approximate surface area is 274 Å². The van der Waals surface area contributed by atoms with Crippen molar-refractivity contribution in [1.82, 2.24) is 19.9 Å². The molecular formula is C33H30F6N6O3. The van der Waals surface area contributed by atoms with Gasteiger partial charge < -0.3 is 24.8 Å². The molecular weight excluding hydrogens is 642 g/mol. The standard InChI is InChI=1S/C33H30F6N6O3/c1-46-30-21-17(22(35)24(37)25(30)38)7-16(40)8-18(21)27-26(39)28-19(11-41-27)31(45-5-6-47-13-20-23(36)29(20)45)43-32(42-28)48-14-33-3-2-4-44(33)12-15(9-33)10-34/h7-8,10-11,20,23,29H,2-6,9,12-14,40H2,1H3/b15-10+/t20-,23-,29-,33-/m0/s1/i1D3. The predicted molar refractivity (Wildman–Crippen MR) is 164 cm³/mol. The summed E-state index contributed by atoms with van der Waals surface area (Å²) in [4.78, 5) is 17.0. The largest absolute Gasteiger partial charge is 0.493 e. The number of nitrogen functional groups attached to an aromatic ring is 1. The molecule has 252 valence electrons. The van der Waals surface area contributed by atoms with Crippen molar-refractivity contribution in [3.63, 3.8) is 0 Å². The maximum absolute atomic E-state index is 17.0. The summed E-state index contributed by atoms with van der Waals surface area (Å²) in [5, 5.41) is -1.28. The van der Waals surface area contributed by atoms with Crippen molar-refractivity contribution >= 4 is 33.2 Å². The van der Waals surface area contributed by atoms with Crippen molar-refractivity contribution in [2.24, 2.45) is 5.92 Å². The minimum atomic E-state index is -3.32. The van der Waals surface area contributed by atoms with E-state index in [1.54, 1.807) is 4.90 Å². The van der Waals surface area contributed by atoms with E-state index in [2.05, 4.69) is 19.9 Å². The number of hydrogen-bond acceptors (Lipinski definition) is 9. The number of nitrogens with zero attached hydrogens (tertiary/aromatic N) is 5. The average Bonchev–Trinajstić information content (AvgIpc) is 3.45. The molecule has 4 aliphatic rings. The van der Waals surface area contributed by atoms with Gasteiger partial charge in [0.25, 0.3) is 0 Å². The van der Waals surface area contributed by atoms with E-state index in [-0.39, 0.29) is 54.8 Å². The van der Waals surface area contributed by atoms with Crippen molar-refractivity contribution in [2.75, 3.05) is 57.1 Å². The third-order valence-corrected chi connectivity index (χ3v) is 9.98. The van der Waals surface area contributed by atoms with Crippen LogP contribution in [0.3, 0.4) is 0 Å². The van der Waals surface area contributed by atoms with Gasteiger partial charge in [-0.05, 0) is 43.5 Å². The Bertz CT molecular complexity index is 2130. The molecule has 2 aromatic heterocycles. The number of ether oxygens (including phenoxy) is 3. The van der Waals surface area contributed by atoms with Crippen LogP contribution in [0.25, 0.3) is 32.9 Å². The fraction of sp³-hybridized carbons (Fsp3) is 0.424. The molecule has 3 aliphatic heterocycles. The molecule has 2 aromatic carbocycles. The number of methoxy groups -OCH3 is 1. The second kappa shape index (κ2) is 11.4. The maximum Gasteiger partial charge on any atom is 0.319 e. The number of benzene rings is 2. The van der Waals surface area contributed by atoms with Gasteiger partial charge in [0.05, 0.1) is 47.7 Å². The molecule has 1 aliphatic carbocycles. The van der Waals surface area contributed by atoms with E-state index in [0.717, 1.165) is 25.1 Å². The highest BCUT2D eigenvalue weighted by Gasteiger charge is 2.56. The summed E-state index contributed by atoms with van der Waals surface area (Å²) in [6.45, 7) is 1.81. The van der Waals surface area contributed by atoms with Gasteiger partial charge in [0.1, 0.15) is 29.8 Å². The molecule has 3 saturated heterocycles. The van der Waals surface area contributed by atoms with Crippen LogP contribution in [0.5, 0.6) is 11.8 Å². The normalized spacial score (nSPS) is 27.5. The Morgan fingerprint density at radius 3 is 2.79 bits per heavy atom. The van der Waals surface area contributed by atoms with Gasteiger partial charge >= 0.3 is 6.01 Å². The Morgan fingerprint density at radius 1 is 1.12 bits per heavy atom. The lowest BCUT2D eigenvalue weighted by atomic mass is 9.94. The van der Waals surface area contributed by atoms with Crippen molar-refractivity contribution in [2.45, 2.75) is 37.0 Å². The first-order valence-corrected chi connectivity index (χ1v) is 15.4. The van der Waals surface area contributed by atoms with Crippen LogP contribution < -0.4 is 20.1 Å². The number of nitrogens with two attached hydrogens (primary N) is 1. The minimum Gasteiger partial charge on any atom is -0.493 e. The number of halogens is 6. The van der Waals surface area contributed by atoms with E-state index in [1.165, 1.54) is 6.20 Å². The van der Waals surface area contributed by atoms with Crippen LogP contribution in [0, 0.1) is 29.2 Å². The first-order chi connectivity index (χ1) is 24.3. The summed E-state index contributed by atoms with van der Waals surface area (Å²) in [6.07, 6.45) is 2.52. The molecule has 4 atom stereocenters. The molecule has 0 unspecified atom stereocenters. The Kier molecular flexibility index (Phi) is 6.53. The van der Waals surface area contributed by atoms with Gasteiger partial charge in [0, 0.05) is 47.2 Å². The van der Waals surface area contributed by atoms with Crippen molar-refractivity contribution in [3.8, 4) is 23.0 Å². The molecule has 48 heavy (non-hydrogen) atoms. The molecule has 2 N–H and O–H groups in total. The zero-order valence-corrected chi connectivity index (χ0v) is 25.2. The molecule has 9 nitrogen and oxygen atoms in total. The highest BCUT2D eigenvalue weighted by Crippen LogP contribution is 2.47. The highest BCUT2D eigenvalue weighted by molar-refractivity contribution is 6.04. The van der Waals surface area contributed by atoms with Gasteiger partial charge in [-0.25, -0.2) is 22.0 Å². The topological polar surface area (TPSA) is 98.9 Å². The summed E-state index contributed by atoms with van der Waals surface area (Å²) >= 11 is 0. The Hall–Kier alpha value is -4.37. The molecule has 0 bridgehead atoms. The Balaban J connectivity index is 1.31. The SMILES string of the molecule is [2H]C([2H])([2H])Oc1c(F)c(F)c(F)c2cc(N)cc(-c3ncc4c(N5CCOC[C@H]6[C@H](F)[C@H]65)nc(OC[C@@]56CCCN5C/C(=C/F)C6)nc4c3F)c12. The number of fused-ring (bicyclic) bond motifs is 4. The lowest BCUT2D eigenvalue weighted by Gasteiger charge is -2.31. The van der Waals surface area contributed by atoms with Crippen molar-refractivity contribution < 1.29 is 44.7 Å². The van der Waals surface area contributed by atoms with E-state index < -0.39 is 81.8 Å². The Morgan fingerprint density at radius 2 is 1.98 bits per heavy atom. The van der Waals surface area contributed by atoms with Gasteiger partial charge in [-0.15, -0.1) is 0 Å². The average molecular weight is 676 g/mol. The van der Waals surface area contributed by atoms with Crippen LogP contribution in [-0.2, 0) is 4.74 Å². The minimum absolute atomic E-state index is 0.0372. The molecule has 0 radical (unpaired) electrons. The van der Waals surface area contributed by atoms with E-state index in [4.69, 9.17) is 24.1 Å². The van der Waals surface area contributed by atoms with Crippen LogP contribution in [0.2, 0.25) is 0 Å². The van der Waals surface area contributed by atoms with Crippen LogP contribution in [-0.4, -0.2) is 84.1 Å². The second-order valence-electron chi connectivity index (χ2n) is 12.7. The van der Waals surface area contributed by atoms with E-state index in [0.29, 0.717) is 31.3 Å². The van der Waals surface area contributed by atoms with Crippen LogP contribution in [0.15, 0.2) is 30.2 Å². The number of aromatic nitrogens is 3. The molecule has 0 amide bonds. The van der Waals surface area contributed by atoms with E-state index in [9.17, 15) is 13.2 Å². The summed E-state index contributed by atoms with van der Waals surface area (Å²) in [7, 11) is -3.32. The molecule has 8 rings (SSSR count). The van der Waals surface area contributed by atoms with Gasteiger partial charge in [0.15, 0.2) is 23.2 Å². The fourth-order valence-corrected chi connectivity index (χ4v) is 7.62. The predicted octanol–water partition coefficient (Wildman–Crippen LogP) is 5.64. The zero-order valence-electron chi connectivity index (χ0n) is 28.2. The van der Waals surface area contributed by atoms with Crippen LogP contribution >= 0.6 is 0 Å².